The molecule has 4 rings (SSSR count). The molecule has 2 aliphatic rings. The summed E-state index contributed by atoms with van der Waals surface area (Å²) in [7, 11) is 0. The third-order valence-electron chi connectivity index (χ3n) is 3.75. The van der Waals surface area contributed by atoms with E-state index in [9.17, 15) is 4.79 Å². The highest BCUT2D eigenvalue weighted by molar-refractivity contribution is 6.32. The Morgan fingerprint density at radius 3 is 2.92 bits per heavy atom. The van der Waals surface area contributed by atoms with Gasteiger partial charge in [0.1, 0.15) is 19.0 Å². The van der Waals surface area contributed by atoms with Crippen LogP contribution in [0.3, 0.4) is 0 Å². The number of hydrogen-bond donors (Lipinski definition) is 0. The molecule has 122 valence electrons. The third kappa shape index (κ3) is 2.78. The Kier molecular flexibility index (Phi) is 3.78. The monoisotopic (exact) mass is 344 g/mol. The van der Waals surface area contributed by atoms with Crippen molar-refractivity contribution in [2.75, 3.05) is 13.4 Å². The van der Waals surface area contributed by atoms with Crippen molar-refractivity contribution in [2.45, 2.75) is 6.61 Å². The maximum atomic E-state index is 12.2. The van der Waals surface area contributed by atoms with E-state index in [4.69, 9.17) is 30.5 Å². The van der Waals surface area contributed by atoms with Crippen molar-refractivity contribution < 1.29 is 23.7 Å². The van der Waals surface area contributed by atoms with Gasteiger partial charge in [0.25, 0.3) is 0 Å². The largest absolute Gasteiger partial charge is 0.488 e. The number of hydrogen-bond acceptors (Lipinski definition) is 5. The zero-order valence-corrected chi connectivity index (χ0v) is 13.3. The van der Waals surface area contributed by atoms with Gasteiger partial charge in [0.05, 0.1) is 10.6 Å². The van der Waals surface area contributed by atoms with E-state index in [-0.39, 0.29) is 20.0 Å². The van der Waals surface area contributed by atoms with Gasteiger partial charge >= 0.3 is 5.97 Å². The molecule has 0 saturated heterocycles. The Labute approximate surface area is 143 Å². The quantitative estimate of drug-likeness (QED) is 0.796. The Bertz CT molecular complexity index is 843. The minimum Gasteiger partial charge on any atom is -0.488 e. The summed E-state index contributed by atoms with van der Waals surface area (Å²) in [6.07, 6.45) is 1.79. The van der Waals surface area contributed by atoms with E-state index in [0.717, 1.165) is 16.9 Å². The van der Waals surface area contributed by atoms with Gasteiger partial charge in [-0.1, -0.05) is 29.8 Å². The van der Waals surface area contributed by atoms with Gasteiger partial charge < -0.3 is 18.9 Å². The van der Waals surface area contributed by atoms with Crippen molar-refractivity contribution in [1.29, 1.82) is 0 Å². The fraction of sp³-hybridized carbons (Fsp3) is 0.167. The molecule has 0 aromatic heterocycles. The number of benzene rings is 2. The lowest BCUT2D eigenvalue weighted by molar-refractivity contribution is -0.140. The number of ether oxygens (including phenoxy) is 4. The van der Waals surface area contributed by atoms with Crippen molar-refractivity contribution >= 4 is 23.6 Å². The Balaban J connectivity index is 1.46. The van der Waals surface area contributed by atoms with Gasteiger partial charge in [-0.15, -0.1) is 0 Å². The first-order chi connectivity index (χ1) is 11.7. The van der Waals surface area contributed by atoms with E-state index < -0.39 is 5.97 Å². The lowest BCUT2D eigenvalue weighted by Crippen LogP contribution is -2.17. The van der Waals surface area contributed by atoms with E-state index >= 15 is 0 Å². The highest BCUT2D eigenvalue weighted by Crippen LogP contribution is 2.40. The van der Waals surface area contributed by atoms with Crippen molar-refractivity contribution in [3.05, 3.63) is 58.1 Å². The summed E-state index contributed by atoms with van der Waals surface area (Å²) in [6, 6.07) is 11.0. The van der Waals surface area contributed by atoms with Crippen LogP contribution in [0.1, 0.15) is 11.1 Å². The molecule has 5 nitrogen and oxygen atoms in total. The Morgan fingerprint density at radius 2 is 2.00 bits per heavy atom. The van der Waals surface area contributed by atoms with E-state index in [1.165, 1.54) is 0 Å². The topological polar surface area (TPSA) is 54.0 Å². The summed E-state index contributed by atoms with van der Waals surface area (Å²) in [5, 5.41) is 0.435. The van der Waals surface area contributed by atoms with Crippen LogP contribution in [0.25, 0.3) is 6.08 Å². The molecular formula is C18H13ClO5. The molecule has 0 atom stereocenters. The molecular weight excluding hydrogens is 332 g/mol. The normalized spacial score (nSPS) is 14.5. The summed E-state index contributed by atoms with van der Waals surface area (Å²) in [5.74, 6) is 1.42. The predicted octanol–water partition coefficient (Wildman–Crippen LogP) is 3.59. The standard InChI is InChI=1S/C18H13ClO5/c19-14-5-11(6-16-17(14)24-10-23-16)8-22-18(20)13-7-12-3-1-2-4-15(12)21-9-13/h1-7H,8-10H2. The number of carbonyl (C=O) groups excluding carboxylic acids is 1. The molecule has 0 saturated carbocycles. The molecule has 6 heteroatoms. The molecule has 0 aliphatic carbocycles. The molecule has 0 fully saturated rings. The fourth-order valence-electron chi connectivity index (χ4n) is 2.58. The highest BCUT2D eigenvalue weighted by atomic mass is 35.5. The molecule has 0 bridgehead atoms. The van der Waals surface area contributed by atoms with Crippen LogP contribution in [0.15, 0.2) is 42.0 Å². The molecule has 2 heterocycles. The summed E-state index contributed by atoms with van der Waals surface area (Å²) < 4.78 is 21.5. The van der Waals surface area contributed by atoms with Gasteiger partial charge in [-0.3, -0.25) is 0 Å². The maximum Gasteiger partial charge on any atom is 0.337 e. The summed E-state index contributed by atoms with van der Waals surface area (Å²) in [5.41, 5.74) is 2.07. The minimum absolute atomic E-state index is 0.0914. The summed E-state index contributed by atoms with van der Waals surface area (Å²) in [6.45, 7) is 0.424. The van der Waals surface area contributed by atoms with Crippen LogP contribution >= 0.6 is 11.6 Å². The second-order valence-corrected chi connectivity index (χ2v) is 5.79. The molecule has 2 aliphatic heterocycles. The summed E-state index contributed by atoms with van der Waals surface area (Å²) in [4.78, 5) is 12.2. The first-order valence-electron chi connectivity index (χ1n) is 7.38. The highest BCUT2D eigenvalue weighted by Gasteiger charge is 2.21. The zero-order valence-electron chi connectivity index (χ0n) is 12.6. The van der Waals surface area contributed by atoms with Crippen molar-refractivity contribution in [1.82, 2.24) is 0 Å². The molecule has 0 N–H and O–H groups in total. The van der Waals surface area contributed by atoms with Gasteiger partial charge in [-0.2, -0.15) is 0 Å². The van der Waals surface area contributed by atoms with Gasteiger partial charge in [0.2, 0.25) is 6.79 Å². The maximum absolute atomic E-state index is 12.2. The molecule has 0 radical (unpaired) electrons. The van der Waals surface area contributed by atoms with Crippen LogP contribution in [0.2, 0.25) is 5.02 Å². The van der Waals surface area contributed by atoms with Gasteiger partial charge in [-0.25, -0.2) is 4.79 Å². The van der Waals surface area contributed by atoms with Crippen molar-refractivity contribution in [3.63, 3.8) is 0 Å². The molecule has 0 amide bonds. The Morgan fingerprint density at radius 1 is 1.12 bits per heavy atom. The van der Waals surface area contributed by atoms with E-state index in [1.807, 2.05) is 24.3 Å². The van der Waals surface area contributed by atoms with Crippen LogP contribution in [-0.2, 0) is 16.1 Å². The Hall–Kier alpha value is -2.66. The summed E-state index contributed by atoms with van der Waals surface area (Å²) >= 11 is 6.12. The third-order valence-corrected chi connectivity index (χ3v) is 4.03. The second kappa shape index (κ2) is 6.09. The van der Waals surface area contributed by atoms with Crippen molar-refractivity contribution in [2.24, 2.45) is 0 Å². The predicted molar refractivity (Wildman–Crippen MR) is 87.3 cm³/mol. The SMILES string of the molecule is O=C(OCc1cc(Cl)c2c(c1)OCO2)C1=Cc2ccccc2OC1. The number of carbonyl (C=O) groups is 1. The lowest BCUT2D eigenvalue weighted by Gasteiger charge is -2.17. The van der Waals surface area contributed by atoms with Crippen LogP contribution in [0.5, 0.6) is 17.2 Å². The van der Waals surface area contributed by atoms with Crippen LogP contribution in [-0.4, -0.2) is 19.4 Å². The van der Waals surface area contributed by atoms with E-state index in [1.54, 1.807) is 18.2 Å². The smallest absolute Gasteiger partial charge is 0.337 e. The van der Waals surface area contributed by atoms with Gasteiger partial charge in [0, 0.05) is 5.56 Å². The van der Waals surface area contributed by atoms with E-state index in [2.05, 4.69) is 0 Å². The molecule has 2 aromatic rings. The first-order valence-corrected chi connectivity index (χ1v) is 7.76. The zero-order chi connectivity index (χ0) is 16.5. The van der Waals surface area contributed by atoms with E-state index in [0.29, 0.717) is 22.1 Å². The molecule has 0 spiro atoms. The van der Waals surface area contributed by atoms with Crippen molar-refractivity contribution in [3.8, 4) is 17.2 Å². The lowest BCUT2D eigenvalue weighted by atomic mass is 10.1. The average Bonchev–Trinajstić information content (AvgIpc) is 3.08. The van der Waals surface area contributed by atoms with Crippen LogP contribution in [0, 0.1) is 0 Å². The first kappa shape index (κ1) is 14.9. The number of halogens is 1. The van der Waals surface area contributed by atoms with Gasteiger partial charge in [-0.05, 0) is 29.8 Å². The van der Waals surface area contributed by atoms with Crippen LogP contribution in [0.4, 0.5) is 0 Å². The fourth-order valence-corrected chi connectivity index (χ4v) is 2.87. The number of fused-ring (bicyclic) bond motifs is 2. The molecule has 2 aromatic carbocycles. The number of para-hydroxylation sites is 1. The molecule has 24 heavy (non-hydrogen) atoms. The number of rotatable bonds is 3. The van der Waals surface area contributed by atoms with Crippen LogP contribution < -0.4 is 14.2 Å². The average molecular weight is 345 g/mol. The number of esters is 1. The minimum atomic E-state index is -0.418. The molecule has 0 unspecified atom stereocenters. The second-order valence-electron chi connectivity index (χ2n) is 5.38. The van der Waals surface area contributed by atoms with Gasteiger partial charge in [0.15, 0.2) is 11.5 Å².